The fourth-order valence-corrected chi connectivity index (χ4v) is 1.55. The molecule has 0 bridgehead atoms. The van der Waals surface area contributed by atoms with Gasteiger partial charge in [-0.3, -0.25) is 4.79 Å². The molecule has 0 aliphatic carbocycles. The number of nitrogens with zero attached hydrogens (tertiary/aromatic N) is 2. The molecule has 18 heavy (non-hydrogen) atoms. The van der Waals surface area contributed by atoms with Crippen molar-refractivity contribution in [1.82, 2.24) is 4.98 Å². The number of pyridine rings is 1. The van der Waals surface area contributed by atoms with Crippen molar-refractivity contribution < 1.29 is 9.21 Å². The van der Waals surface area contributed by atoms with Crippen LogP contribution in [0, 0.1) is 0 Å². The Morgan fingerprint density at radius 2 is 2.28 bits per heavy atom. The average molecular weight is 245 g/mol. The van der Waals surface area contributed by atoms with Crippen molar-refractivity contribution in [2.75, 3.05) is 23.8 Å². The van der Waals surface area contributed by atoms with Crippen LogP contribution >= 0.6 is 0 Å². The third-order valence-corrected chi connectivity index (χ3v) is 2.53. The molecule has 0 aromatic carbocycles. The summed E-state index contributed by atoms with van der Waals surface area (Å²) in [6.45, 7) is 2.82. The molecule has 2 heterocycles. The zero-order valence-corrected chi connectivity index (χ0v) is 10.4. The largest absolute Gasteiger partial charge is 0.459 e. The minimum absolute atomic E-state index is 0.196. The minimum atomic E-state index is -0.196. The molecule has 5 nitrogen and oxygen atoms in total. The highest BCUT2D eigenvalue weighted by molar-refractivity contribution is 6.03. The molecule has 94 valence electrons. The monoisotopic (exact) mass is 245 g/mol. The van der Waals surface area contributed by atoms with Crippen molar-refractivity contribution in [3.63, 3.8) is 0 Å². The van der Waals surface area contributed by atoms with Crippen LogP contribution in [0.3, 0.4) is 0 Å². The van der Waals surface area contributed by atoms with Crippen molar-refractivity contribution in [3.8, 4) is 0 Å². The number of rotatable bonds is 4. The Kier molecular flexibility index (Phi) is 3.62. The Morgan fingerprint density at radius 3 is 2.83 bits per heavy atom. The van der Waals surface area contributed by atoms with Crippen LogP contribution in [0.15, 0.2) is 41.1 Å². The Morgan fingerprint density at radius 1 is 1.44 bits per heavy atom. The van der Waals surface area contributed by atoms with Crippen LogP contribution in [-0.2, 0) is 0 Å². The molecule has 0 saturated heterocycles. The van der Waals surface area contributed by atoms with Gasteiger partial charge < -0.3 is 14.6 Å². The smallest absolute Gasteiger partial charge is 0.293 e. The number of carbonyl (C=O) groups is 1. The van der Waals surface area contributed by atoms with Crippen LogP contribution in [0.5, 0.6) is 0 Å². The maximum absolute atomic E-state index is 12.0. The molecule has 0 atom stereocenters. The van der Waals surface area contributed by atoms with E-state index in [9.17, 15) is 4.79 Å². The van der Waals surface area contributed by atoms with Crippen LogP contribution in [0.4, 0.5) is 11.5 Å². The number of hydrogen-bond donors (Lipinski definition) is 1. The summed E-state index contributed by atoms with van der Waals surface area (Å²) in [5, 5.41) is 3.10. The Labute approximate surface area is 105 Å². The topological polar surface area (TPSA) is 58.4 Å². The third-order valence-electron chi connectivity index (χ3n) is 2.53. The van der Waals surface area contributed by atoms with Gasteiger partial charge in [-0.1, -0.05) is 0 Å². The molecule has 0 unspecified atom stereocenters. The standard InChI is InChI=1S/C13H15N3O2/c1-3-14-12-7-6-10(9-15-12)16(2)13(17)11-5-4-8-18-11/h4-9H,3H2,1-2H3,(H,14,15). The summed E-state index contributed by atoms with van der Waals surface area (Å²) in [7, 11) is 1.69. The van der Waals surface area contributed by atoms with Crippen molar-refractivity contribution in [2.24, 2.45) is 0 Å². The average Bonchev–Trinajstić information content (AvgIpc) is 2.92. The predicted molar refractivity (Wildman–Crippen MR) is 69.8 cm³/mol. The molecule has 1 amide bonds. The molecule has 0 saturated carbocycles. The molecule has 2 aromatic rings. The van der Waals surface area contributed by atoms with E-state index in [0.29, 0.717) is 5.76 Å². The fraction of sp³-hybridized carbons (Fsp3) is 0.231. The van der Waals surface area contributed by atoms with E-state index in [1.165, 1.54) is 11.2 Å². The fourth-order valence-electron chi connectivity index (χ4n) is 1.55. The van der Waals surface area contributed by atoms with E-state index in [0.717, 1.165) is 18.1 Å². The third kappa shape index (κ3) is 2.51. The van der Waals surface area contributed by atoms with Crippen LogP contribution in [0.1, 0.15) is 17.5 Å². The van der Waals surface area contributed by atoms with E-state index in [-0.39, 0.29) is 5.91 Å². The number of carbonyl (C=O) groups excluding carboxylic acids is 1. The van der Waals surface area contributed by atoms with E-state index < -0.39 is 0 Å². The lowest BCUT2D eigenvalue weighted by Gasteiger charge is -2.15. The first-order chi connectivity index (χ1) is 8.72. The van der Waals surface area contributed by atoms with Gasteiger partial charge in [-0.25, -0.2) is 4.98 Å². The van der Waals surface area contributed by atoms with Crippen molar-refractivity contribution in [3.05, 3.63) is 42.5 Å². The van der Waals surface area contributed by atoms with E-state index >= 15 is 0 Å². The zero-order chi connectivity index (χ0) is 13.0. The molecule has 0 spiro atoms. The number of hydrogen-bond acceptors (Lipinski definition) is 4. The van der Waals surface area contributed by atoms with Gasteiger partial charge in [-0.15, -0.1) is 0 Å². The second kappa shape index (κ2) is 5.35. The zero-order valence-electron chi connectivity index (χ0n) is 10.4. The first-order valence-corrected chi connectivity index (χ1v) is 5.74. The molecule has 1 N–H and O–H groups in total. The Balaban J connectivity index is 2.13. The van der Waals surface area contributed by atoms with Gasteiger partial charge in [0.15, 0.2) is 5.76 Å². The highest BCUT2D eigenvalue weighted by atomic mass is 16.3. The van der Waals surface area contributed by atoms with Gasteiger partial charge in [0.1, 0.15) is 5.82 Å². The maximum Gasteiger partial charge on any atom is 0.293 e. The number of aromatic nitrogens is 1. The second-order valence-corrected chi connectivity index (χ2v) is 3.77. The second-order valence-electron chi connectivity index (χ2n) is 3.77. The van der Waals surface area contributed by atoms with Gasteiger partial charge in [-0.05, 0) is 31.2 Å². The van der Waals surface area contributed by atoms with E-state index in [2.05, 4.69) is 10.3 Å². The number of nitrogens with one attached hydrogen (secondary N) is 1. The molecule has 2 aromatic heterocycles. The predicted octanol–water partition coefficient (Wildman–Crippen LogP) is 2.38. The van der Waals surface area contributed by atoms with E-state index in [4.69, 9.17) is 4.42 Å². The lowest BCUT2D eigenvalue weighted by Crippen LogP contribution is -2.25. The van der Waals surface area contributed by atoms with Crippen molar-refractivity contribution >= 4 is 17.4 Å². The van der Waals surface area contributed by atoms with Gasteiger partial charge in [0.2, 0.25) is 0 Å². The highest BCUT2D eigenvalue weighted by Gasteiger charge is 2.15. The summed E-state index contributed by atoms with van der Waals surface area (Å²) in [6.07, 6.45) is 3.13. The van der Waals surface area contributed by atoms with Crippen LogP contribution in [0.25, 0.3) is 0 Å². The normalized spacial score (nSPS) is 10.1. The molecule has 0 aliphatic rings. The first kappa shape index (κ1) is 12.2. The minimum Gasteiger partial charge on any atom is -0.459 e. The number of anilines is 2. The molecule has 0 fully saturated rings. The molecule has 5 heteroatoms. The van der Waals surface area contributed by atoms with Gasteiger partial charge in [0.25, 0.3) is 5.91 Å². The van der Waals surface area contributed by atoms with Gasteiger partial charge in [0.05, 0.1) is 18.1 Å². The van der Waals surface area contributed by atoms with Crippen molar-refractivity contribution in [2.45, 2.75) is 6.92 Å². The molecular formula is C13H15N3O2. The number of amides is 1. The Bertz CT molecular complexity index is 506. The van der Waals surface area contributed by atoms with E-state index in [1.54, 1.807) is 25.4 Å². The maximum atomic E-state index is 12.0. The summed E-state index contributed by atoms with van der Waals surface area (Å²) >= 11 is 0. The SMILES string of the molecule is CCNc1ccc(N(C)C(=O)c2ccco2)cn1. The lowest BCUT2D eigenvalue weighted by molar-refractivity contribution is 0.0966. The number of furan rings is 1. The van der Waals surface area contributed by atoms with Gasteiger partial charge >= 0.3 is 0 Å². The van der Waals surface area contributed by atoms with Crippen LogP contribution in [-0.4, -0.2) is 24.5 Å². The molecule has 0 aliphatic heterocycles. The van der Waals surface area contributed by atoms with Crippen molar-refractivity contribution in [1.29, 1.82) is 0 Å². The molecule has 0 radical (unpaired) electrons. The summed E-state index contributed by atoms with van der Waals surface area (Å²) in [4.78, 5) is 17.7. The highest BCUT2D eigenvalue weighted by Crippen LogP contribution is 2.16. The first-order valence-electron chi connectivity index (χ1n) is 5.74. The quantitative estimate of drug-likeness (QED) is 0.898. The summed E-state index contributed by atoms with van der Waals surface area (Å²) in [5.74, 6) is 0.909. The summed E-state index contributed by atoms with van der Waals surface area (Å²) < 4.78 is 5.08. The van der Waals surface area contributed by atoms with Gasteiger partial charge in [-0.2, -0.15) is 0 Å². The summed E-state index contributed by atoms with van der Waals surface area (Å²) in [5.41, 5.74) is 0.720. The van der Waals surface area contributed by atoms with Crippen LogP contribution in [0.2, 0.25) is 0 Å². The molecular weight excluding hydrogens is 230 g/mol. The van der Waals surface area contributed by atoms with Crippen LogP contribution < -0.4 is 10.2 Å². The molecule has 2 rings (SSSR count). The van der Waals surface area contributed by atoms with E-state index in [1.807, 2.05) is 19.1 Å². The lowest BCUT2D eigenvalue weighted by atomic mass is 10.3. The Hall–Kier alpha value is -2.30. The summed E-state index contributed by atoms with van der Waals surface area (Å²) in [6, 6.07) is 7.00. The van der Waals surface area contributed by atoms with Gasteiger partial charge in [0, 0.05) is 13.6 Å².